The normalized spacial score (nSPS) is 17.8. The third-order valence-electron chi connectivity index (χ3n) is 5.98. The average molecular weight is 436 g/mol. The van der Waals surface area contributed by atoms with Crippen LogP contribution in [-0.2, 0) is 0 Å². The van der Waals surface area contributed by atoms with Crippen molar-refractivity contribution in [1.82, 2.24) is 10.2 Å². The first kappa shape index (κ1) is 21.2. The molecule has 2 heterocycles. The van der Waals surface area contributed by atoms with Crippen LogP contribution in [0.1, 0.15) is 23.2 Å². The van der Waals surface area contributed by atoms with Crippen LogP contribution in [0.3, 0.4) is 0 Å². The Labute approximate surface area is 188 Å². The maximum atomic E-state index is 13.5. The molecule has 0 bridgehead atoms. The fraction of sp³-hybridized carbons (Fsp3) is 0.333. The fourth-order valence-electron chi connectivity index (χ4n) is 4.36. The lowest BCUT2D eigenvalue weighted by atomic mass is 10.1. The summed E-state index contributed by atoms with van der Waals surface area (Å²) >= 11 is 6.21. The largest absolute Gasteiger partial charge is 0.358 e. The Bertz CT molecular complexity index is 1050. The highest BCUT2D eigenvalue weighted by molar-refractivity contribution is 6.31. The number of carbonyl (C=O) groups is 1. The van der Waals surface area contributed by atoms with Crippen LogP contribution in [-0.4, -0.2) is 50.1 Å². The number of halogens is 1. The summed E-state index contributed by atoms with van der Waals surface area (Å²) in [4.78, 5) is 19.4. The Morgan fingerprint density at radius 2 is 2.03 bits per heavy atom. The van der Waals surface area contributed by atoms with E-state index in [1.165, 1.54) is 0 Å². The van der Waals surface area contributed by atoms with Crippen molar-refractivity contribution in [3.05, 3.63) is 65.3 Å². The van der Waals surface area contributed by atoms with E-state index in [0.29, 0.717) is 30.2 Å². The van der Waals surface area contributed by atoms with Gasteiger partial charge in [-0.3, -0.25) is 4.79 Å². The van der Waals surface area contributed by atoms with Gasteiger partial charge in [-0.15, -0.1) is 0 Å². The predicted octanol–water partition coefficient (Wildman–Crippen LogP) is 4.16. The van der Waals surface area contributed by atoms with Gasteiger partial charge < -0.3 is 20.0 Å². The van der Waals surface area contributed by atoms with Crippen LogP contribution in [0.15, 0.2) is 54.7 Å². The number of nitrogens with one attached hydrogen (secondary N) is 1. The summed E-state index contributed by atoms with van der Waals surface area (Å²) in [5.41, 5.74) is 4.18. The van der Waals surface area contributed by atoms with E-state index >= 15 is 0 Å². The highest BCUT2D eigenvalue weighted by Crippen LogP contribution is 2.40. The van der Waals surface area contributed by atoms with Gasteiger partial charge in [0, 0.05) is 43.9 Å². The Morgan fingerprint density at radius 3 is 2.81 bits per heavy atom. The molecule has 2 aliphatic heterocycles. The number of likely N-dealkylation sites (tertiary alicyclic amines) is 1. The Hall–Kier alpha value is -3.01. The second-order valence-electron chi connectivity index (χ2n) is 7.89. The molecule has 31 heavy (non-hydrogen) atoms. The molecule has 0 radical (unpaired) electrons. The van der Waals surface area contributed by atoms with Crippen LogP contribution in [0.4, 0.5) is 17.1 Å². The van der Waals surface area contributed by atoms with Crippen molar-refractivity contribution in [1.29, 1.82) is 5.26 Å². The molecular formula is C24H26ClN5O. The van der Waals surface area contributed by atoms with Gasteiger partial charge in [0.15, 0.2) is 0 Å². The lowest BCUT2D eigenvalue weighted by Crippen LogP contribution is -2.39. The maximum Gasteiger partial charge on any atom is 0.260 e. The standard InChI is InChI=1S/C24H26ClN5O/c1-17(29-12-5-6-19(29)15-26)16-27-11-13-30-23-8-4-3-7-22(23)28(2)21-10-9-18(25)14-20(21)24(30)31/h3-4,7-10,14,19,27H,1,5-6,11-13,16H2,2H3. The van der Waals surface area contributed by atoms with E-state index in [-0.39, 0.29) is 11.9 Å². The highest BCUT2D eigenvalue weighted by atomic mass is 35.5. The van der Waals surface area contributed by atoms with Crippen LogP contribution < -0.4 is 15.1 Å². The van der Waals surface area contributed by atoms with Crippen molar-refractivity contribution < 1.29 is 4.79 Å². The van der Waals surface area contributed by atoms with Gasteiger partial charge in [0.1, 0.15) is 6.04 Å². The van der Waals surface area contributed by atoms with E-state index in [9.17, 15) is 10.1 Å². The lowest BCUT2D eigenvalue weighted by Gasteiger charge is -2.26. The molecule has 160 valence electrons. The molecule has 6 nitrogen and oxygen atoms in total. The zero-order valence-corrected chi connectivity index (χ0v) is 18.4. The van der Waals surface area contributed by atoms with Gasteiger partial charge in [-0.05, 0) is 43.2 Å². The van der Waals surface area contributed by atoms with Crippen molar-refractivity contribution >= 4 is 34.6 Å². The first-order chi connectivity index (χ1) is 15.0. The number of hydrogen-bond acceptors (Lipinski definition) is 5. The summed E-state index contributed by atoms with van der Waals surface area (Å²) in [5, 5.41) is 13.2. The zero-order valence-electron chi connectivity index (χ0n) is 17.6. The molecule has 2 aromatic carbocycles. The van der Waals surface area contributed by atoms with Gasteiger partial charge in [-0.1, -0.05) is 30.3 Å². The number of benzene rings is 2. The minimum atomic E-state index is -0.0786. The first-order valence-corrected chi connectivity index (χ1v) is 10.9. The minimum Gasteiger partial charge on any atom is -0.358 e. The molecule has 4 rings (SSSR count). The maximum absolute atomic E-state index is 13.5. The lowest BCUT2D eigenvalue weighted by molar-refractivity contribution is 0.0988. The molecule has 0 spiro atoms. The van der Waals surface area contributed by atoms with Gasteiger partial charge >= 0.3 is 0 Å². The number of nitriles is 1. The molecule has 1 unspecified atom stereocenters. The number of fused-ring (bicyclic) bond motifs is 2. The predicted molar refractivity (Wildman–Crippen MR) is 125 cm³/mol. The van der Waals surface area contributed by atoms with Gasteiger partial charge in [-0.2, -0.15) is 5.26 Å². The van der Waals surface area contributed by atoms with Crippen LogP contribution in [0.25, 0.3) is 0 Å². The van der Waals surface area contributed by atoms with Crippen molar-refractivity contribution in [2.45, 2.75) is 18.9 Å². The molecule has 2 aromatic rings. The van der Waals surface area contributed by atoms with E-state index in [1.54, 1.807) is 11.0 Å². The van der Waals surface area contributed by atoms with Gasteiger partial charge in [-0.25, -0.2) is 0 Å². The molecule has 1 atom stereocenters. The molecule has 0 aliphatic carbocycles. The Balaban J connectivity index is 1.49. The SMILES string of the molecule is C=C(CNCCN1C(=O)c2cc(Cl)ccc2N(C)c2ccccc21)N1CCCC1C#N. The van der Waals surface area contributed by atoms with Gasteiger partial charge in [0.2, 0.25) is 0 Å². The van der Waals surface area contributed by atoms with Crippen molar-refractivity contribution in [2.75, 3.05) is 43.0 Å². The highest BCUT2D eigenvalue weighted by Gasteiger charge is 2.29. The summed E-state index contributed by atoms with van der Waals surface area (Å²) in [6.07, 6.45) is 1.91. The zero-order chi connectivity index (χ0) is 22.0. The number of para-hydroxylation sites is 2. The summed E-state index contributed by atoms with van der Waals surface area (Å²) in [6.45, 7) is 6.71. The minimum absolute atomic E-state index is 0.0704. The molecule has 0 saturated carbocycles. The number of rotatable bonds is 6. The summed E-state index contributed by atoms with van der Waals surface area (Å²) < 4.78 is 0. The molecular weight excluding hydrogens is 410 g/mol. The Morgan fingerprint density at radius 1 is 1.26 bits per heavy atom. The average Bonchev–Trinajstić information content (AvgIpc) is 3.24. The van der Waals surface area contributed by atoms with E-state index in [4.69, 9.17) is 11.6 Å². The van der Waals surface area contributed by atoms with Crippen LogP contribution in [0.5, 0.6) is 0 Å². The quantitative estimate of drug-likeness (QED) is 0.690. The molecule has 1 saturated heterocycles. The van der Waals surface area contributed by atoms with Crippen molar-refractivity contribution in [3.8, 4) is 6.07 Å². The number of amides is 1. The Kier molecular flexibility index (Phi) is 6.17. The van der Waals surface area contributed by atoms with Crippen LogP contribution in [0, 0.1) is 11.3 Å². The van der Waals surface area contributed by atoms with Gasteiger partial charge in [0.25, 0.3) is 5.91 Å². The molecule has 2 aliphatic rings. The molecule has 7 heteroatoms. The second-order valence-corrected chi connectivity index (χ2v) is 8.33. The van der Waals surface area contributed by atoms with Gasteiger partial charge in [0.05, 0.1) is 28.7 Å². The molecule has 0 aromatic heterocycles. The second kappa shape index (κ2) is 9.01. The first-order valence-electron chi connectivity index (χ1n) is 10.5. The van der Waals surface area contributed by atoms with E-state index in [1.807, 2.05) is 48.3 Å². The smallest absolute Gasteiger partial charge is 0.260 e. The summed E-state index contributed by atoms with van der Waals surface area (Å²) in [6, 6.07) is 15.6. The number of carbonyl (C=O) groups excluding carboxylic acids is 1. The van der Waals surface area contributed by atoms with Crippen LogP contribution in [0.2, 0.25) is 5.02 Å². The molecule has 1 N–H and O–H groups in total. The van der Waals surface area contributed by atoms with E-state index in [2.05, 4.69) is 22.9 Å². The fourth-order valence-corrected chi connectivity index (χ4v) is 4.53. The monoisotopic (exact) mass is 435 g/mol. The third kappa shape index (κ3) is 4.12. The van der Waals surface area contributed by atoms with Crippen molar-refractivity contribution in [2.24, 2.45) is 0 Å². The van der Waals surface area contributed by atoms with E-state index < -0.39 is 0 Å². The van der Waals surface area contributed by atoms with Crippen LogP contribution >= 0.6 is 11.6 Å². The number of anilines is 3. The summed E-state index contributed by atoms with van der Waals surface area (Å²) in [7, 11) is 1.96. The third-order valence-corrected chi connectivity index (χ3v) is 6.21. The number of nitrogens with zero attached hydrogens (tertiary/aromatic N) is 4. The van der Waals surface area contributed by atoms with E-state index in [0.717, 1.165) is 42.1 Å². The molecule has 1 amide bonds. The topological polar surface area (TPSA) is 62.6 Å². The summed E-state index contributed by atoms with van der Waals surface area (Å²) in [5.74, 6) is -0.0704. The number of hydrogen-bond donors (Lipinski definition) is 1. The van der Waals surface area contributed by atoms with Crippen molar-refractivity contribution in [3.63, 3.8) is 0 Å². The molecule has 1 fully saturated rings.